The zero-order valence-corrected chi connectivity index (χ0v) is 10.7. The van der Waals surface area contributed by atoms with Crippen LogP contribution in [0.3, 0.4) is 0 Å². The topological polar surface area (TPSA) is 111 Å². The molecule has 7 heteroatoms. The van der Waals surface area contributed by atoms with Crippen molar-refractivity contribution in [3.05, 3.63) is 40.1 Å². The first kappa shape index (κ1) is 12.1. The van der Waals surface area contributed by atoms with E-state index >= 15 is 0 Å². The number of anilines is 1. The molecular formula is C11H8BrN5O. The molecule has 18 heavy (non-hydrogen) atoms. The molecule has 0 aliphatic heterocycles. The van der Waals surface area contributed by atoms with Gasteiger partial charge in [0.1, 0.15) is 6.07 Å². The lowest BCUT2D eigenvalue weighted by atomic mass is 10.2. The van der Waals surface area contributed by atoms with Crippen LogP contribution in [0.4, 0.5) is 5.69 Å². The molecule has 2 aromatic rings. The second-order valence-corrected chi connectivity index (χ2v) is 4.43. The molecule has 1 heterocycles. The van der Waals surface area contributed by atoms with E-state index in [1.54, 1.807) is 18.2 Å². The molecule has 0 aliphatic rings. The predicted molar refractivity (Wildman–Crippen MR) is 68.9 cm³/mol. The summed E-state index contributed by atoms with van der Waals surface area (Å²) in [4.78, 5) is 11.1. The molecule has 4 N–H and O–H groups in total. The van der Waals surface area contributed by atoms with Crippen LogP contribution in [0.25, 0.3) is 5.69 Å². The Morgan fingerprint density at radius 3 is 2.78 bits per heavy atom. The molecule has 0 aliphatic carbocycles. The molecule has 1 aromatic heterocycles. The zero-order valence-electron chi connectivity index (χ0n) is 9.09. The average Bonchev–Trinajstić information content (AvgIpc) is 2.71. The summed E-state index contributed by atoms with van der Waals surface area (Å²) < 4.78 is 2.14. The smallest absolute Gasteiger partial charge is 0.271 e. The molecule has 1 amide bonds. The van der Waals surface area contributed by atoms with E-state index in [9.17, 15) is 4.79 Å². The summed E-state index contributed by atoms with van der Waals surface area (Å²) >= 11 is 3.30. The van der Waals surface area contributed by atoms with Crippen molar-refractivity contribution in [1.82, 2.24) is 9.78 Å². The zero-order chi connectivity index (χ0) is 13.3. The number of benzene rings is 1. The van der Waals surface area contributed by atoms with Crippen LogP contribution in [0.1, 0.15) is 16.1 Å². The number of nitrogens with zero attached hydrogens (tertiary/aromatic N) is 3. The second kappa shape index (κ2) is 4.50. The van der Waals surface area contributed by atoms with Crippen molar-refractivity contribution < 1.29 is 4.79 Å². The third-order valence-electron chi connectivity index (χ3n) is 2.30. The number of hydrogen-bond acceptors (Lipinski definition) is 4. The highest BCUT2D eigenvalue weighted by molar-refractivity contribution is 9.10. The number of aromatic nitrogens is 2. The Labute approximate surface area is 111 Å². The number of primary amides is 1. The molecule has 0 atom stereocenters. The van der Waals surface area contributed by atoms with E-state index < -0.39 is 5.91 Å². The monoisotopic (exact) mass is 305 g/mol. The van der Waals surface area contributed by atoms with Crippen LogP contribution in [0.2, 0.25) is 0 Å². The highest BCUT2D eigenvalue weighted by Crippen LogP contribution is 2.21. The number of hydrogen-bond donors (Lipinski definition) is 2. The fourth-order valence-electron chi connectivity index (χ4n) is 1.49. The summed E-state index contributed by atoms with van der Waals surface area (Å²) in [5.74, 6) is -0.709. The lowest BCUT2D eigenvalue weighted by Gasteiger charge is -2.04. The van der Waals surface area contributed by atoms with Gasteiger partial charge in [-0.25, -0.2) is 4.68 Å². The molecule has 1 aromatic carbocycles. The molecule has 90 valence electrons. The molecule has 0 saturated carbocycles. The van der Waals surface area contributed by atoms with Crippen LogP contribution in [-0.2, 0) is 0 Å². The molecule has 0 radical (unpaired) electrons. The van der Waals surface area contributed by atoms with Gasteiger partial charge in [0.25, 0.3) is 5.91 Å². The number of nitrogens with two attached hydrogens (primary N) is 2. The maximum Gasteiger partial charge on any atom is 0.271 e. The summed E-state index contributed by atoms with van der Waals surface area (Å²) in [6.45, 7) is 0. The summed E-state index contributed by atoms with van der Waals surface area (Å²) in [6, 6.07) is 7.12. The van der Waals surface area contributed by atoms with Gasteiger partial charge in [0.05, 0.1) is 23.1 Å². The van der Waals surface area contributed by atoms with E-state index in [2.05, 4.69) is 21.0 Å². The Bertz CT molecular complexity index is 671. The van der Waals surface area contributed by atoms with Crippen molar-refractivity contribution in [3.63, 3.8) is 0 Å². The maximum absolute atomic E-state index is 11.1. The van der Waals surface area contributed by atoms with E-state index in [1.165, 1.54) is 10.9 Å². The maximum atomic E-state index is 11.1. The summed E-state index contributed by atoms with van der Waals surface area (Å²) in [5, 5.41) is 13.0. The minimum absolute atomic E-state index is 0.0149. The van der Waals surface area contributed by atoms with Crippen molar-refractivity contribution in [2.45, 2.75) is 0 Å². The number of halogens is 1. The fraction of sp³-hybridized carbons (Fsp3) is 0. The number of carbonyl (C=O) groups is 1. The fourth-order valence-corrected chi connectivity index (χ4v) is 1.84. The van der Waals surface area contributed by atoms with Crippen molar-refractivity contribution in [2.75, 3.05) is 5.73 Å². The van der Waals surface area contributed by atoms with Gasteiger partial charge in [-0.2, -0.15) is 10.4 Å². The number of amides is 1. The van der Waals surface area contributed by atoms with Gasteiger partial charge >= 0.3 is 0 Å². The number of rotatable bonds is 2. The van der Waals surface area contributed by atoms with Gasteiger partial charge in [0, 0.05) is 4.47 Å². The van der Waals surface area contributed by atoms with Gasteiger partial charge in [0.2, 0.25) is 0 Å². The standard InChI is InChI=1S/C11H8BrN5O/c12-7-2-1-6(4-13)9(3-7)17-5-8(14)10(16-17)11(15)18/h1-3,5H,14H2,(H2,15,18). The van der Waals surface area contributed by atoms with Gasteiger partial charge in [0.15, 0.2) is 5.69 Å². The second-order valence-electron chi connectivity index (χ2n) is 3.52. The van der Waals surface area contributed by atoms with Crippen LogP contribution in [0.15, 0.2) is 28.9 Å². The average molecular weight is 306 g/mol. The third kappa shape index (κ3) is 2.06. The Balaban J connectivity index is 2.62. The van der Waals surface area contributed by atoms with Gasteiger partial charge in [-0.05, 0) is 18.2 Å². The Kier molecular flexibility index (Phi) is 3.04. The molecule has 0 saturated heterocycles. The van der Waals surface area contributed by atoms with Crippen LogP contribution >= 0.6 is 15.9 Å². The van der Waals surface area contributed by atoms with Crippen molar-refractivity contribution >= 4 is 27.5 Å². The van der Waals surface area contributed by atoms with Crippen LogP contribution in [0.5, 0.6) is 0 Å². The molecular weight excluding hydrogens is 298 g/mol. The van der Waals surface area contributed by atoms with Crippen molar-refractivity contribution in [3.8, 4) is 11.8 Å². The quantitative estimate of drug-likeness (QED) is 0.868. The van der Waals surface area contributed by atoms with Gasteiger partial charge in [-0.15, -0.1) is 0 Å². The lowest BCUT2D eigenvalue weighted by molar-refractivity contribution is 0.0996. The first-order valence-electron chi connectivity index (χ1n) is 4.88. The van der Waals surface area contributed by atoms with Crippen LogP contribution in [0, 0.1) is 11.3 Å². The van der Waals surface area contributed by atoms with E-state index in [-0.39, 0.29) is 11.4 Å². The number of carbonyl (C=O) groups excluding carboxylic acids is 1. The Hall–Kier alpha value is -2.33. The number of nitriles is 1. The first-order valence-corrected chi connectivity index (χ1v) is 5.67. The molecule has 6 nitrogen and oxygen atoms in total. The van der Waals surface area contributed by atoms with Crippen LogP contribution in [-0.4, -0.2) is 15.7 Å². The van der Waals surface area contributed by atoms with Crippen molar-refractivity contribution in [1.29, 1.82) is 5.26 Å². The Morgan fingerprint density at radius 1 is 1.50 bits per heavy atom. The molecule has 0 bridgehead atoms. The summed E-state index contributed by atoms with van der Waals surface area (Å²) in [7, 11) is 0. The highest BCUT2D eigenvalue weighted by atomic mass is 79.9. The third-order valence-corrected chi connectivity index (χ3v) is 2.80. The van der Waals surface area contributed by atoms with E-state index in [1.807, 2.05) is 6.07 Å². The highest BCUT2D eigenvalue weighted by Gasteiger charge is 2.14. The van der Waals surface area contributed by atoms with Gasteiger partial charge in [-0.3, -0.25) is 4.79 Å². The van der Waals surface area contributed by atoms with E-state index in [0.717, 1.165) is 4.47 Å². The van der Waals surface area contributed by atoms with Crippen LogP contribution < -0.4 is 11.5 Å². The Morgan fingerprint density at radius 2 is 2.22 bits per heavy atom. The SMILES string of the molecule is N#Cc1ccc(Br)cc1-n1cc(N)c(C(N)=O)n1. The predicted octanol–water partition coefficient (Wildman–Crippen LogP) is 1.19. The lowest BCUT2D eigenvalue weighted by Crippen LogP contribution is -2.14. The molecule has 0 fully saturated rings. The van der Waals surface area contributed by atoms with Gasteiger partial charge in [-0.1, -0.05) is 15.9 Å². The minimum Gasteiger partial charge on any atom is -0.396 e. The summed E-state index contributed by atoms with van der Waals surface area (Å²) in [5.41, 5.74) is 11.9. The molecule has 0 spiro atoms. The summed E-state index contributed by atoms with van der Waals surface area (Å²) in [6.07, 6.45) is 1.45. The first-order chi connectivity index (χ1) is 8.52. The molecule has 2 rings (SSSR count). The normalized spacial score (nSPS) is 10.0. The van der Waals surface area contributed by atoms with Gasteiger partial charge < -0.3 is 11.5 Å². The van der Waals surface area contributed by atoms with E-state index in [4.69, 9.17) is 16.7 Å². The minimum atomic E-state index is -0.709. The molecule has 0 unspecified atom stereocenters. The largest absolute Gasteiger partial charge is 0.396 e. The van der Waals surface area contributed by atoms with Crippen molar-refractivity contribution in [2.24, 2.45) is 5.73 Å². The number of nitrogen functional groups attached to an aromatic ring is 1. The van der Waals surface area contributed by atoms with E-state index in [0.29, 0.717) is 11.3 Å².